The summed E-state index contributed by atoms with van der Waals surface area (Å²) in [5.74, 6) is 1.02. The number of nitrogens with zero attached hydrogens (tertiary/aromatic N) is 1. The van der Waals surface area contributed by atoms with Crippen LogP contribution in [0.25, 0.3) is 0 Å². The fourth-order valence-electron chi connectivity index (χ4n) is 2.78. The first-order valence-electron chi connectivity index (χ1n) is 9.23. The van der Waals surface area contributed by atoms with Gasteiger partial charge in [-0.05, 0) is 49.6 Å². The Kier molecular flexibility index (Phi) is 10.6. The number of phenols is 1. The van der Waals surface area contributed by atoms with Crippen LogP contribution in [-0.2, 0) is 6.42 Å². The number of hydrogen-bond acceptors (Lipinski definition) is 4. The number of phenolic OH excluding ortho intramolecular Hbond substituents is 1. The second-order valence-corrected chi connectivity index (χ2v) is 6.24. The van der Waals surface area contributed by atoms with Crippen molar-refractivity contribution >= 4 is 29.9 Å². The van der Waals surface area contributed by atoms with Crippen LogP contribution in [0.4, 0.5) is 4.39 Å². The second kappa shape index (κ2) is 12.4. The second-order valence-electron chi connectivity index (χ2n) is 6.24. The minimum Gasteiger partial charge on any atom is -0.504 e. The minimum atomic E-state index is -0.399. The van der Waals surface area contributed by atoms with Crippen LogP contribution >= 0.6 is 24.0 Å². The molecule has 0 aliphatic carbocycles. The van der Waals surface area contributed by atoms with Gasteiger partial charge in [0.15, 0.2) is 29.0 Å². The molecular formula is C21H29FIN3O3. The monoisotopic (exact) mass is 517 g/mol. The van der Waals surface area contributed by atoms with Crippen LogP contribution in [0.15, 0.2) is 41.4 Å². The van der Waals surface area contributed by atoms with Crippen molar-refractivity contribution in [2.75, 3.05) is 27.3 Å². The van der Waals surface area contributed by atoms with Crippen molar-refractivity contribution in [1.29, 1.82) is 0 Å². The third kappa shape index (κ3) is 6.95. The molecule has 0 aliphatic rings. The Morgan fingerprint density at radius 2 is 1.90 bits per heavy atom. The van der Waals surface area contributed by atoms with Crippen molar-refractivity contribution in [2.24, 2.45) is 4.99 Å². The Morgan fingerprint density at radius 3 is 2.52 bits per heavy atom. The van der Waals surface area contributed by atoms with Gasteiger partial charge in [0, 0.05) is 13.1 Å². The number of halogens is 2. The number of guanidine groups is 1. The molecule has 29 heavy (non-hydrogen) atoms. The summed E-state index contributed by atoms with van der Waals surface area (Å²) in [6, 6.07) is 10.1. The molecule has 1 atom stereocenters. The third-order valence-corrected chi connectivity index (χ3v) is 4.33. The average molecular weight is 517 g/mol. The van der Waals surface area contributed by atoms with E-state index in [1.807, 2.05) is 32.0 Å². The Morgan fingerprint density at radius 1 is 1.17 bits per heavy atom. The molecule has 1 unspecified atom stereocenters. The highest BCUT2D eigenvalue weighted by Crippen LogP contribution is 2.29. The maximum Gasteiger partial charge on any atom is 0.191 e. The third-order valence-electron chi connectivity index (χ3n) is 4.33. The average Bonchev–Trinajstić information content (AvgIpc) is 2.69. The minimum absolute atomic E-state index is 0. The van der Waals surface area contributed by atoms with Gasteiger partial charge in [-0.15, -0.1) is 24.0 Å². The van der Waals surface area contributed by atoms with Crippen LogP contribution in [0.3, 0.4) is 0 Å². The molecule has 2 rings (SSSR count). The van der Waals surface area contributed by atoms with Gasteiger partial charge in [-0.25, -0.2) is 4.39 Å². The van der Waals surface area contributed by atoms with Gasteiger partial charge in [-0.1, -0.05) is 18.2 Å². The normalized spacial score (nSPS) is 12.0. The summed E-state index contributed by atoms with van der Waals surface area (Å²) in [7, 11) is 2.96. The molecule has 6 nitrogen and oxygen atoms in total. The van der Waals surface area contributed by atoms with Crippen LogP contribution in [0.5, 0.6) is 17.2 Å². The van der Waals surface area contributed by atoms with Crippen molar-refractivity contribution in [1.82, 2.24) is 10.6 Å². The number of benzene rings is 2. The van der Waals surface area contributed by atoms with E-state index in [0.29, 0.717) is 31.2 Å². The fourth-order valence-corrected chi connectivity index (χ4v) is 2.78. The van der Waals surface area contributed by atoms with Crippen LogP contribution in [0.2, 0.25) is 0 Å². The topological polar surface area (TPSA) is 75.1 Å². The first kappa shape index (κ1) is 24.8. The summed E-state index contributed by atoms with van der Waals surface area (Å²) in [6.45, 7) is 5.07. The maximum atomic E-state index is 14.0. The van der Waals surface area contributed by atoms with Gasteiger partial charge in [-0.2, -0.15) is 0 Å². The van der Waals surface area contributed by atoms with E-state index in [0.717, 1.165) is 11.1 Å². The largest absolute Gasteiger partial charge is 0.504 e. The number of nitrogens with one attached hydrogen (secondary N) is 2. The van der Waals surface area contributed by atoms with Crippen molar-refractivity contribution in [3.8, 4) is 17.2 Å². The van der Waals surface area contributed by atoms with E-state index in [-0.39, 0.29) is 41.5 Å². The van der Waals surface area contributed by atoms with Gasteiger partial charge in [-0.3, -0.25) is 4.99 Å². The van der Waals surface area contributed by atoms with E-state index in [4.69, 9.17) is 9.47 Å². The molecule has 8 heteroatoms. The van der Waals surface area contributed by atoms with Crippen molar-refractivity contribution in [3.63, 3.8) is 0 Å². The maximum absolute atomic E-state index is 14.0. The molecule has 0 bridgehead atoms. The lowest BCUT2D eigenvalue weighted by Gasteiger charge is -2.19. The van der Waals surface area contributed by atoms with Crippen molar-refractivity contribution in [3.05, 3.63) is 53.3 Å². The molecule has 2 aromatic rings. The fraction of sp³-hybridized carbons (Fsp3) is 0.381. The quantitative estimate of drug-likeness (QED) is 0.280. The first-order chi connectivity index (χ1) is 13.5. The SMILES string of the molecule is CCNC(=NCCc1cccc(OC)c1O)NC(C)c1ccc(OC)c(F)c1.I. The molecule has 0 spiro atoms. The molecule has 0 saturated carbocycles. The van der Waals surface area contributed by atoms with Crippen molar-refractivity contribution < 1.29 is 19.0 Å². The van der Waals surface area contributed by atoms with E-state index in [1.165, 1.54) is 20.3 Å². The highest BCUT2D eigenvalue weighted by Gasteiger charge is 2.12. The number of aliphatic imine (C=N–C) groups is 1. The first-order valence-corrected chi connectivity index (χ1v) is 9.23. The van der Waals surface area contributed by atoms with Gasteiger partial charge in [0.05, 0.1) is 20.3 Å². The molecule has 0 aromatic heterocycles. The Balaban J connectivity index is 0.00000420. The summed E-state index contributed by atoms with van der Waals surface area (Å²) in [4.78, 5) is 4.55. The lowest BCUT2D eigenvalue weighted by molar-refractivity contribution is 0.370. The molecular weight excluding hydrogens is 488 g/mol. The number of rotatable bonds is 8. The Bertz CT molecular complexity index is 818. The number of aromatic hydroxyl groups is 1. The molecule has 0 amide bonds. The number of ether oxygens (including phenoxy) is 2. The highest BCUT2D eigenvalue weighted by atomic mass is 127. The molecule has 0 fully saturated rings. The number of hydrogen-bond donors (Lipinski definition) is 3. The lowest BCUT2D eigenvalue weighted by Crippen LogP contribution is -2.38. The van der Waals surface area contributed by atoms with Crippen LogP contribution in [-0.4, -0.2) is 38.4 Å². The molecule has 0 aliphatic heterocycles. The molecule has 0 heterocycles. The van der Waals surface area contributed by atoms with Crippen LogP contribution in [0.1, 0.15) is 31.0 Å². The van der Waals surface area contributed by atoms with Gasteiger partial charge in [0.2, 0.25) is 0 Å². The zero-order valence-corrected chi connectivity index (χ0v) is 19.5. The molecule has 3 N–H and O–H groups in total. The highest BCUT2D eigenvalue weighted by molar-refractivity contribution is 14.0. The lowest BCUT2D eigenvalue weighted by atomic mass is 10.1. The molecule has 0 radical (unpaired) electrons. The van der Waals surface area contributed by atoms with Gasteiger partial charge in [0.1, 0.15) is 0 Å². The van der Waals surface area contributed by atoms with Gasteiger partial charge < -0.3 is 25.2 Å². The van der Waals surface area contributed by atoms with Crippen molar-refractivity contribution in [2.45, 2.75) is 26.3 Å². The van der Waals surface area contributed by atoms with E-state index < -0.39 is 5.82 Å². The van der Waals surface area contributed by atoms with Gasteiger partial charge in [0.25, 0.3) is 0 Å². The zero-order chi connectivity index (χ0) is 20.5. The Hall–Kier alpha value is -2.23. The smallest absolute Gasteiger partial charge is 0.191 e. The summed E-state index contributed by atoms with van der Waals surface area (Å²) in [5, 5.41) is 16.6. The molecule has 0 saturated heterocycles. The summed E-state index contributed by atoms with van der Waals surface area (Å²) < 4.78 is 24.0. The zero-order valence-electron chi connectivity index (χ0n) is 17.2. The van der Waals surface area contributed by atoms with Gasteiger partial charge >= 0.3 is 0 Å². The predicted octanol–water partition coefficient (Wildman–Crippen LogP) is 4.03. The summed E-state index contributed by atoms with van der Waals surface area (Å²) in [6.07, 6.45) is 0.561. The summed E-state index contributed by atoms with van der Waals surface area (Å²) in [5.41, 5.74) is 1.55. The van der Waals surface area contributed by atoms with Crippen LogP contribution < -0.4 is 20.1 Å². The van der Waals surface area contributed by atoms with Crippen LogP contribution in [0, 0.1) is 5.82 Å². The van der Waals surface area contributed by atoms with E-state index in [2.05, 4.69) is 15.6 Å². The number of methoxy groups -OCH3 is 2. The van der Waals surface area contributed by atoms with E-state index in [1.54, 1.807) is 12.1 Å². The summed E-state index contributed by atoms with van der Waals surface area (Å²) >= 11 is 0. The Labute approximate surface area is 188 Å². The number of para-hydroxylation sites is 1. The standard InChI is InChI=1S/C21H28FN3O3.HI/c1-5-23-21(24-12-11-15-7-6-8-19(28-4)20(15)26)25-14(2)16-9-10-18(27-3)17(22)13-16;/h6-10,13-14,26H,5,11-12H2,1-4H3,(H2,23,24,25);1H. The van der Waals surface area contributed by atoms with E-state index in [9.17, 15) is 9.50 Å². The van der Waals surface area contributed by atoms with E-state index >= 15 is 0 Å². The molecule has 2 aromatic carbocycles. The molecule has 160 valence electrons. The predicted molar refractivity (Wildman–Crippen MR) is 124 cm³/mol.